The summed E-state index contributed by atoms with van der Waals surface area (Å²) in [5.41, 5.74) is 4.25. The number of nitrogens with one attached hydrogen (secondary N) is 1. The van der Waals surface area contributed by atoms with Crippen LogP contribution >= 0.6 is 15.9 Å². The Bertz CT molecular complexity index is 1050. The van der Waals surface area contributed by atoms with Crippen molar-refractivity contribution in [3.05, 3.63) is 58.1 Å². The molecule has 1 aliphatic rings. The highest BCUT2D eigenvalue weighted by atomic mass is 79.9. The monoisotopic (exact) mass is 508 g/mol. The highest BCUT2D eigenvalue weighted by molar-refractivity contribution is 9.10. The maximum Gasteiger partial charge on any atom is 0.254 e. The third kappa shape index (κ3) is 6.13. The molecule has 31 heavy (non-hydrogen) atoms. The Morgan fingerprint density at radius 2 is 1.84 bits per heavy atom. The van der Waals surface area contributed by atoms with E-state index in [0.29, 0.717) is 36.8 Å². The van der Waals surface area contributed by atoms with E-state index in [1.165, 1.54) is 10.5 Å². The Morgan fingerprint density at radius 3 is 2.48 bits per heavy atom. The number of ether oxygens (including phenoxy) is 1. The SMILES string of the molecule is COc1ccc(Br)cc1/C=N/NC(=O)CN1CCN(S(=O)(=O)c2ccc(C)cc2)CC1. The predicted octanol–water partition coefficient (Wildman–Crippen LogP) is 2.22. The van der Waals surface area contributed by atoms with Crippen LogP contribution in [0.3, 0.4) is 0 Å². The van der Waals surface area contributed by atoms with E-state index in [0.717, 1.165) is 15.6 Å². The number of hydrogen-bond donors (Lipinski definition) is 1. The highest BCUT2D eigenvalue weighted by Gasteiger charge is 2.28. The number of nitrogens with zero attached hydrogens (tertiary/aromatic N) is 3. The molecule has 1 N–H and O–H groups in total. The summed E-state index contributed by atoms with van der Waals surface area (Å²) in [4.78, 5) is 14.4. The highest BCUT2D eigenvalue weighted by Crippen LogP contribution is 2.21. The fourth-order valence-electron chi connectivity index (χ4n) is 3.21. The predicted molar refractivity (Wildman–Crippen MR) is 123 cm³/mol. The van der Waals surface area contributed by atoms with Gasteiger partial charge in [0.15, 0.2) is 0 Å². The van der Waals surface area contributed by atoms with Crippen molar-refractivity contribution in [2.75, 3.05) is 39.8 Å². The summed E-state index contributed by atoms with van der Waals surface area (Å²) in [5.74, 6) is 0.382. The van der Waals surface area contributed by atoms with Gasteiger partial charge < -0.3 is 4.74 Å². The second-order valence-electron chi connectivity index (χ2n) is 7.17. The van der Waals surface area contributed by atoms with E-state index >= 15 is 0 Å². The molecule has 1 aliphatic heterocycles. The van der Waals surface area contributed by atoms with Gasteiger partial charge in [0, 0.05) is 36.2 Å². The molecule has 10 heteroatoms. The second kappa shape index (κ2) is 10.4. The van der Waals surface area contributed by atoms with Crippen LogP contribution in [0.5, 0.6) is 5.75 Å². The summed E-state index contributed by atoms with van der Waals surface area (Å²) < 4.78 is 33.2. The van der Waals surface area contributed by atoms with Crippen molar-refractivity contribution in [2.24, 2.45) is 5.10 Å². The summed E-state index contributed by atoms with van der Waals surface area (Å²) >= 11 is 3.39. The van der Waals surface area contributed by atoms with Crippen LogP contribution in [-0.2, 0) is 14.8 Å². The van der Waals surface area contributed by atoms with Gasteiger partial charge in [-0.15, -0.1) is 0 Å². The molecule has 1 saturated heterocycles. The fraction of sp³-hybridized carbons (Fsp3) is 0.333. The van der Waals surface area contributed by atoms with Crippen LogP contribution in [0.2, 0.25) is 0 Å². The zero-order valence-corrected chi connectivity index (χ0v) is 19.8. The number of hydrazone groups is 1. The summed E-state index contributed by atoms with van der Waals surface area (Å²) in [6.07, 6.45) is 1.52. The van der Waals surface area contributed by atoms with E-state index < -0.39 is 10.0 Å². The summed E-state index contributed by atoms with van der Waals surface area (Å²) in [6, 6.07) is 12.3. The molecule has 0 saturated carbocycles. The number of methoxy groups -OCH3 is 1. The minimum absolute atomic E-state index is 0.144. The van der Waals surface area contributed by atoms with Gasteiger partial charge >= 0.3 is 0 Å². The van der Waals surface area contributed by atoms with E-state index in [4.69, 9.17) is 4.74 Å². The fourth-order valence-corrected chi connectivity index (χ4v) is 5.01. The molecular formula is C21H25BrN4O4S. The second-order valence-corrected chi connectivity index (χ2v) is 10.0. The molecule has 0 aliphatic carbocycles. The Labute approximate surface area is 191 Å². The number of piperazine rings is 1. The smallest absolute Gasteiger partial charge is 0.254 e. The van der Waals surface area contributed by atoms with Crippen LogP contribution in [0.15, 0.2) is 56.9 Å². The van der Waals surface area contributed by atoms with E-state index in [1.807, 2.05) is 24.0 Å². The van der Waals surface area contributed by atoms with Gasteiger partial charge in [0.2, 0.25) is 10.0 Å². The van der Waals surface area contributed by atoms with E-state index in [9.17, 15) is 13.2 Å². The van der Waals surface area contributed by atoms with Crippen LogP contribution in [0.25, 0.3) is 0 Å². The first-order valence-electron chi connectivity index (χ1n) is 9.74. The minimum Gasteiger partial charge on any atom is -0.496 e. The molecule has 0 spiro atoms. The van der Waals surface area contributed by atoms with Gasteiger partial charge in [0.05, 0.1) is 24.8 Å². The summed E-state index contributed by atoms with van der Waals surface area (Å²) in [6.45, 7) is 3.68. The zero-order chi connectivity index (χ0) is 22.4. The number of aryl methyl sites for hydroxylation is 1. The van der Waals surface area contributed by atoms with Crippen molar-refractivity contribution in [3.8, 4) is 5.75 Å². The van der Waals surface area contributed by atoms with Crippen molar-refractivity contribution < 1.29 is 17.9 Å². The molecule has 1 heterocycles. The average Bonchev–Trinajstić information content (AvgIpc) is 2.74. The molecule has 2 aromatic rings. The number of rotatable bonds is 7. The molecule has 3 rings (SSSR count). The molecule has 0 atom stereocenters. The quantitative estimate of drug-likeness (QED) is 0.457. The number of benzene rings is 2. The number of carbonyl (C=O) groups is 1. The molecular weight excluding hydrogens is 484 g/mol. The van der Waals surface area contributed by atoms with Crippen molar-refractivity contribution in [3.63, 3.8) is 0 Å². The molecule has 1 fully saturated rings. The molecule has 0 aromatic heterocycles. The molecule has 8 nitrogen and oxygen atoms in total. The lowest BCUT2D eigenvalue weighted by molar-refractivity contribution is -0.122. The molecule has 0 bridgehead atoms. The Morgan fingerprint density at radius 1 is 1.16 bits per heavy atom. The summed E-state index contributed by atoms with van der Waals surface area (Å²) in [7, 11) is -1.95. The van der Waals surface area contributed by atoms with Crippen molar-refractivity contribution in [1.82, 2.24) is 14.6 Å². The Kier molecular flexibility index (Phi) is 7.82. The van der Waals surface area contributed by atoms with Crippen molar-refractivity contribution in [1.29, 1.82) is 0 Å². The van der Waals surface area contributed by atoms with Crippen LogP contribution in [0, 0.1) is 6.92 Å². The van der Waals surface area contributed by atoms with Gasteiger partial charge in [0.25, 0.3) is 5.91 Å². The van der Waals surface area contributed by atoms with Crippen LogP contribution in [0.4, 0.5) is 0 Å². The summed E-state index contributed by atoms with van der Waals surface area (Å²) in [5, 5.41) is 4.00. The first kappa shape index (κ1) is 23.4. The maximum atomic E-state index is 12.8. The van der Waals surface area contributed by atoms with Gasteiger partial charge in [-0.2, -0.15) is 9.41 Å². The standard InChI is InChI=1S/C21H25BrN4O4S/c1-16-3-6-19(7-4-16)31(28,29)26-11-9-25(10-12-26)15-21(27)24-23-14-17-13-18(22)5-8-20(17)30-2/h3-8,13-14H,9-12,15H2,1-2H3,(H,24,27)/b23-14+. The van der Waals surface area contributed by atoms with E-state index in [2.05, 4.69) is 26.5 Å². The Balaban J connectivity index is 1.50. The number of carbonyl (C=O) groups excluding carboxylic acids is 1. The average molecular weight is 509 g/mol. The lowest BCUT2D eigenvalue weighted by Crippen LogP contribution is -2.50. The van der Waals surface area contributed by atoms with Gasteiger partial charge in [-0.1, -0.05) is 33.6 Å². The number of halogens is 1. The third-order valence-electron chi connectivity index (χ3n) is 4.94. The van der Waals surface area contributed by atoms with Gasteiger partial charge in [0.1, 0.15) is 5.75 Å². The topological polar surface area (TPSA) is 91.3 Å². The molecule has 0 radical (unpaired) electrons. The number of sulfonamides is 1. The normalized spacial score (nSPS) is 15.8. The lowest BCUT2D eigenvalue weighted by atomic mass is 10.2. The minimum atomic E-state index is -3.52. The van der Waals surface area contributed by atoms with Gasteiger partial charge in [-0.25, -0.2) is 13.8 Å². The van der Waals surface area contributed by atoms with Crippen LogP contribution < -0.4 is 10.2 Å². The number of amides is 1. The van der Waals surface area contributed by atoms with Crippen LogP contribution in [-0.4, -0.2) is 69.6 Å². The molecule has 0 unspecified atom stereocenters. The molecule has 2 aromatic carbocycles. The van der Waals surface area contributed by atoms with Crippen molar-refractivity contribution >= 4 is 38.1 Å². The number of hydrogen-bond acceptors (Lipinski definition) is 6. The van der Waals surface area contributed by atoms with Crippen LogP contribution in [0.1, 0.15) is 11.1 Å². The zero-order valence-electron chi connectivity index (χ0n) is 17.4. The van der Waals surface area contributed by atoms with E-state index in [-0.39, 0.29) is 12.5 Å². The first-order valence-corrected chi connectivity index (χ1v) is 12.0. The Hall–Kier alpha value is -2.27. The first-order chi connectivity index (χ1) is 14.8. The maximum absolute atomic E-state index is 12.8. The third-order valence-corrected chi connectivity index (χ3v) is 7.35. The lowest BCUT2D eigenvalue weighted by Gasteiger charge is -2.33. The largest absolute Gasteiger partial charge is 0.496 e. The van der Waals surface area contributed by atoms with Crippen molar-refractivity contribution in [2.45, 2.75) is 11.8 Å². The molecule has 1 amide bonds. The molecule has 166 valence electrons. The van der Waals surface area contributed by atoms with Gasteiger partial charge in [-0.05, 0) is 37.3 Å². The van der Waals surface area contributed by atoms with E-state index in [1.54, 1.807) is 37.4 Å². The van der Waals surface area contributed by atoms with Gasteiger partial charge in [-0.3, -0.25) is 9.69 Å².